The Morgan fingerprint density at radius 1 is 1.39 bits per heavy atom. The SMILES string of the molecule is CCO[C@@H]1C[C@@H](NC(=O)NCC[C@@H](O)C(F)(F)F)C12CCCC2. The van der Waals surface area contributed by atoms with Gasteiger partial charge in [-0.2, -0.15) is 13.2 Å². The number of halogens is 3. The summed E-state index contributed by atoms with van der Waals surface area (Å²) < 4.78 is 42.3. The van der Waals surface area contributed by atoms with Gasteiger partial charge in [-0.1, -0.05) is 12.8 Å². The highest BCUT2D eigenvalue weighted by Crippen LogP contribution is 2.54. The van der Waals surface area contributed by atoms with Gasteiger partial charge in [0.1, 0.15) is 0 Å². The van der Waals surface area contributed by atoms with Gasteiger partial charge in [-0.05, 0) is 32.6 Å². The number of hydrogen-bond donors (Lipinski definition) is 3. The number of nitrogens with one attached hydrogen (secondary N) is 2. The lowest BCUT2D eigenvalue weighted by Gasteiger charge is -2.53. The number of ether oxygens (including phenoxy) is 1. The van der Waals surface area contributed by atoms with Crippen LogP contribution in [0.1, 0.15) is 45.4 Å². The zero-order valence-corrected chi connectivity index (χ0v) is 13.3. The maximum absolute atomic E-state index is 12.2. The molecule has 0 radical (unpaired) electrons. The molecule has 8 heteroatoms. The van der Waals surface area contributed by atoms with Crippen molar-refractivity contribution in [2.45, 2.75) is 69.9 Å². The van der Waals surface area contributed by atoms with Crippen LogP contribution < -0.4 is 10.6 Å². The maximum atomic E-state index is 12.2. The first-order valence-corrected chi connectivity index (χ1v) is 8.20. The summed E-state index contributed by atoms with van der Waals surface area (Å²) in [6.45, 7) is 2.36. The van der Waals surface area contributed by atoms with E-state index in [1.54, 1.807) is 0 Å². The van der Waals surface area contributed by atoms with E-state index in [-0.39, 0.29) is 24.1 Å². The van der Waals surface area contributed by atoms with Crippen LogP contribution >= 0.6 is 0 Å². The van der Waals surface area contributed by atoms with Crippen LogP contribution in [0.4, 0.5) is 18.0 Å². The lowest BCUT2D eigenvalue weighted by molar-refractivity contribution is -0.204. The molecular formula is C15H25F3N2O3. The third-order valence-electron chi connectivity index (χ3n) is 5.07. The molecule has 0 heterocycles. The first-order chi connectivity index (χ1) is 10.8. The fourth-order valence-electron chi connectivity index (χ4n) is 3.78. The number of alkyl halides is 3. The van der Waals surface area contributed by atoms with Crippen LogP contribution in [0.2, 0.25) is 0 Å². The molecule has 23 heavy (non-hydrogen) atoms. The van der Waals surface area contributed by atoms with E-state index in [0.29, 0.717) is 6.61 Å². The minimum Gasteiger partial charge on any atom is -0.384 e. The van der Waals surface area contributed by atoms with Crippen molar-refractivity contribution in [3.63, 3.8) is 0 Å². The van der Waals surface area contributed by atoms with Gasteiger partial charge in [-0.25, -0.2) is 4.79 Å². The lowest BCUT2D eigenvalue weighted by atomic mass is 9.60. The summed E-state index contributed by atoms with van der Waals surface area (Å²) in [5.41, 5.74) is -0.0150. The summed E-state index contributed by atoms with van der Waals surface area (Å²) in [5, 5.41) is 14.1. The van der Waals surface area contributed by atoms with Crippen LogP contribution in [0.25, 0.3) is 0 Å². The highest BCUT2D eigenvalue weighted by atomic mass is 19.4. The highest BCUT2D eigenvalue weighted by Gasteiger charge is 2.57. The van der Waals surface area contributed by atoms with E-state index in [0.717, 1.165) is 32.1 Å². The van der Waals surface area contributed by atoms with Gasteiger partial charge in [0.15, 0.2) is 6.10 Å². The number of carbonyl (C=O) groups excluding carboxylic acids is 1. The topological polar surface area (TPSA) is 70.6 Å². The van der Waals surface area contributed by atoms with Crippen molar-refractivity contribution in [1.82, 2.24) is 10.6 Å². The predicted molar refractivity (Wildman–Crippen MR) is 77.9 cm³/mol. The Balaban J connectivity index is 1.75. The minimum atomic E-state index is -4.65. The van der Waals surface area contributed by atoms with E-state index >= 15 is 0 Å². The number of aliphatic hydroxyl groups excluding tert-OH is 1. The maximum Gasteiger partial charge on any atom is 0.414 e. The second kappa shape index (κ2) is 7.25. The van der Waals surface area contributed by atoms with E-state index in [1.807, 2.05) is 6.92 Å². The molecule has 2 saturated carbocycles. The van der Waals surface area contributed by atoms with Crippen molar-refractivity contribution < 1.29 is 27.8 Å². The quantitative estimate of drug-likeness (QED) is 0.696. The minimum absolute atomic E-state index is 0.00842. The predicted octanol–water partition coefficient (Wildman–Crippen LogP) is 2.34. The summed E-state index contributed by atoms with van der Waals surface area (Å²) >= 11 is 0. The molecule has 2 amide bonds. The van der Waals surface area contributed by atoms with Gasteiger partial charge in [0, 0.05) is 24.6 Å². The Kier molecular flexibility index (Phi) is 5.78. The average molecular weight is 338 g/mol. The fourth-order valence-corrected chi connectivity index (χ4v) is 3.78. The standard InChI is InChI=1S/C15H25F3N2O3/c1-2-23-12-9-10(14(12)6-3-4-7-14)20-13(22)19-8-5-11(21)15(16,17)18/h10-12,21H,2-9H2,1H3,(H2,19,20,22)/t10-,11-,12-/m1/s1. The summed E-state index contributed by atoms with van der Waals surface area (Å²) in [6, 6.07) is -0.473. The van der Waals surface area contributed by atoms with Gasteiger partial charge in [0.05, 0.1) is 6.10 Å². The Labute approximate surface area is 134 Å². The summed E-state index contributed by atoms with van der Waals surface area (Å²) in [5.74, 6) is 0. The molecule has 0 bridgehead atoms. The average Bonchev–Trinajstić information content (AvgIpc) is 2.97. The summed E-state index contributed by atoms with van der Waals surface area (Å²) in [7, 11) is 0. The number of carbonyl (C=O) groups is 1. The van der Waals surface area contributed by atoms with Gasteiger partial charge >= 0.3 is 12.2 Å². The van der Waals surface area contributed by atoms with Crippen molar-refractivity contribution in [3.05, 3.63) is 0 Å². The molecule has 0 aliphatic heterocycles. The van der Waals surface area contributed by atoms with Crippen LogP contribution in [0.3, 0.4) is 0 Å². The van der Waals surface area contributed by atoms with Crippen molar-refractivity contribution in [1.29, 1.82) is 0 Å². The molecule has 5 nitrogen and oxygen atoms in total. The van der Waals surface area contributed by atoms with E-state index in [1.165, 1.54) is 0 Å². The lowest BCUT2D eigenvalue weighted by Crippen LogP contribution is -2.64. The first kappa shape index (κ1) is 18.3. The van der Waals surface area contributed by atoms with Gasteiger partial charge < -0.3 is 20.5 Å². The number of rotatable bonds is 6. The Morgan fingerprint density at radius 3 is 2.61 bits per heavy atom. The van der Waals surface area contributed by atoms with E-state index < -0.39 is 24.7 Å². The van der Waals surface area contributed by atoms with Crippen molar-refractivity contribution in [2.75, 3.05) is 13.2 Å². The first-order valence-electron chi connectivity index (χ1n) is 8.20. The van der Waals surface area contributed by atoms with Crippen LogP contribution in [0.15, 0.2) is 0 Å². The third kappa shape index (κ3) is 4.09. The molecule has 0 unspecified atom stereocenters. The molecular weight excluding hydrogens is 313 g/mol. The smallest absolute Gasteiger partial charge is 0.384 e. The van der Waals surface area contributed by atoms with E-state index in [4.69, 9.17) is 9.84 Å². The van der Waals surface area contributed by atoms with E-state index in [2.05, 4.69) is 10.6 Å². The molecule has 2 rings (SSSR count). The van der Waals surface area contributed by atoms with Crippen LogP contribution in [-0.2, 0) is 4.74 Å². The van der Waals surface area contributed by atoms with Gasteiger partial charge in [0.25, 0.3) is 0 Å². The van der Waals surface area contributed by atoms with Gasteiger partial charge in [0.2, 0.25) is 0 Å². The highest BCUT2D eigenvalue weighted by molar-refractivity contribution is 5.74. The van der Waals surface area contributed by atoms with Crippen LogP contribution in [-0.4, -0.2) is 48.7 Å². The summed E-state index contributed by atoms with van der Waals surface area (Å²) in [6.07, 6.45) is -2.46. The Morgan fingerprint density at radius 2 is 2.04 bits per heavy atom. The molecule has 3 N–H and O–H groups in total. The number of aliphatic hydroxyl groups is 1. The molecule has 2 aliphatic rings. The molecule has 0 aromatic carbocycles. The second-order valence-electron chi connectivity index (χ2n) is 6.42. The van der Waals surface area contributed by atoms with Gasteiger partial charge in [-0.3, -0.25) is 0 Å². The Bertz CT molecular complexity index is 411. The zero-order valence-electron chi connectivity index (χ0n) is 13.3. The summed E-state index contributed by atoms with van der Waals surface area (Å²) in [4.78, 5) is 11.9. The molecule has 2 aliphatic carbocycles. The van der Waals surface area contributed by atoms with Crippen LogP contribution in [0, 0.1) is 5.41 Å². The Hall–Kier alpha value is -1.02. The third-order valence-corrected chi connectivity index (χ3v) is 5.07. The second-order valence-corrected chi connectivity index (χ2v) is 6.42. The van der Waals surface area contributed by atoms with Crippen molar-refractivity contribution >= 4 is 6.03 Å². The monoisotopic (exact) mass is 338 g/mol. The van der Waals surface area contributed by atoms with Crippen molar-refractivity contribution in [2.24, 2.45) is 5.41 Å². The molecule has 2 fully saturated rings. The van der Waals surface area contributed by atoms with Crippen LogP contribution in [0.5, 0.6) is 0 Å². The molecule has 3 atom stereocenters. The molecule has 1 spiro atoms. The largest absolute Gasteiger partial charge is 0.414 e. The molecule has 0 aromatic rings. The van der Waals surface area contributed by atoms with Crippen molar-refractivity contribution in [3.8, 4) is 0 Å². The molecule has 0 aromatic heterocycles. The molecule has 0 saturated heterocycles. The fraction of sp³-hybridized carbons (Fsp3) is 0.933. The zero-order chi connectivity index (χ0) is 17.1. The van der Waals surface area contributed by atoms with E-state index in [9.17, 15) is 18.0 Å². The molecule has 134 valence electrons. The number of amides is 2. The normalized spacial score (nSPS) is 27.5. The van der Waals surface area contributed by atoms with Gasteiger partial charge in [-0.15, -0.1) is 0 Å². The number of hydrogen-bond acceptors (Lipinski definition) is 3. The number of urea groups is 1.